The van der Waals surface area contributed by atoms with Gasteiger partial charge in [0, 0.05) is 6.42 Å². The van der Waals surface area contributed by atoms with Gasteiger partial charge in [-0.25, -0.2) is 0 Å². The first-order valence-corrected chi connectivity index (χ1v) is 6.11. The molecule has 0 unspecified atom stereocenters. The molecule has 0 fully saturated rings. The fourth-order valence-electron chi connectivity index (χ4n) is 1.50. The number of esters is 1. The number of hydrogen-bond acceptors (Lipinski definition) is 3. The Morgan fingerprint density at radius 3 is 2.59 bits per heavy atom. The largest absolute Gasteiger partial charge is 0.464 e. The number of rotatable bonds is 6. The van der Waals surface area contributed by atoms with Crippen LogP contribution < -0.4 is 5.73 Å². The average Bonchev–Trinajstić information content (AvgIpc) is 2.38. The minimum atomic E-state index is -0.504. The lowest BCUT2D eigenvalue weighted by atomic mass is 10.0. The number of nitrogens with two attached hydrogens (primary N) is 1. The molecule has 3 heteroatoms. The highest BCUT2D eigenvalue weighted by Gasteiger charge is 2.20. The summed E-state index contributed by atoms with van der Waals surface area (Å²) in [6.45, 7) is 4.37. The molecule has 0 saturated carbocycles. The highest BCUT2D eigenvalue weighted by molar-refractivity contribution is 5.75. The molecule has 0 aliphatic rings. The van der Waals surface area contributed by atoms with Crippen molar-refractivity contribution in [2.75, 3.05) is 6.61 Å². The van der Waals surface area contributed by atoms with E-state index in [0.29, 0.717) is 6.61 Å². The molecule has 0 radical (unpaired) electrons. The minimum Gasteiger partial charge on any atom is -0.464 e. The molecular formula is C14H21NO2. The van der Waals surface area contributed by atoms with Crippen LogP contribution in [0.25, 0.3) is 0 Å². The van der Waals surface area contributed by atoms with E-state index < -0.39 is 6.04 Å². The van der Waals surface area contributed by atoms with E-state index in [0.717, 1.165) is 18.4 Å². The molecule has 0 aliphatic heterocycles. The highest BCUT2D eigenvalue weighted by atomic mass is 16.5. The van der Waals surface area contributed by atoms with Crippen LogP contribution in [0.3, 0.4) is 0 Å². The SMILES string of the molecule is CC[C@H](C)[C@H](N)C(=O)OCCc1ccccc1. The first-order chi connectivity index (χ1) is 8.15. The molecule has 2 N–H and O–H groups in total. The predicted molar refractivity (Wildman–Crippen MR) is 68.5 cm³/mol. The van der Waals surface area contributed by atoms with E-state index in [9.17, 15) is 4.79 Å². The van der Waals surface area contributed by atoms with E-state index in [4.69, 9.17) is 10.5 Å². The Morgan fingerprint density at radius 2 is 2.00 bits per heavy atom. The average molecular weight is 235 g/mol. The van der Waals surface area contributed by atoms with Crippen molar-refractivity contribution in [3.05, 3.63) is 35.9 Å². The molecule has 0 aliphatic carbocycles. The van der Waals surface area contributed by atoms with Crippen LogP contribution >= 0.6 is 0 Å². The van der Waals surface area contributed by atoms with Gasteiger partial charge in [0.05, 0.1) is 6.61 Å². The molecule has 1 rings (SSSR count). The van der Waals surface area contributed by atoms with Crippen molar-refractivity contribution in [3.63, 3.8) is 0 Å². The normalized spacial score (nSPS) is 14.1. The Balaban J connectivity index is 2.29. The smallest absolute Gasteiger partial charge is 0.323 e. The zero-order valence-electron chi connectivity index (χ0n) is 10.6. The van der Waals surface area contributed by atoms with Gasteiger partial charge in [-0.2, -0.15) is 0 Å². The summed E-state index contributed by atoms with van der Waals surface area (Å²) in [5, 5.41) is 0. The number of ether oxygens (including phenoxy) is 1. The molecule has 17 heavy (non-hydrogen) atoms. The topological polar surface area (TPSA) is 52.3 Å². The number of benzene rings is 1. The zero-order valence-corrected chi connectivity index (χ0v) is 10.6. The lowest BCUT2D eigenvalue weighted by molar-refractivity contribution is -0.146. The Hall–Kier alpha value is -1.35. The van der Waals surface area contributed by atoms with Crippen LogP contribution in [0.4, 0.5) is 0 Å². The third kappa shape index (κ3) is 4.57. The van der Waals surface area contributed by atoms with Gasteiger partial charge in [0.1, 0.15) is 6.04 Å². The van der Waals surface area contributed by atoms with Gasteiger partial charge in [-0.15, -0.1) is 0 Å². The lowest BCUT2D eigenvalue weighted by Crippen LogP contribution is -2.38. The summed E-state index contributed by atoms with van der Waals surface area (Å²) in [6, 6.07) is 9.44. The van der Waals surface area contributed by atoms with Crippen LogP contribution in [0.1, 0.15) is 25.8 Å². The van der Waals surface area contributed by atoms with Gasteiger partial charge >= 0.3 is 5.97 Å². The summed E-state index contributed by atoms with van der Waals surface area (Å²) in [6.07, 6.45) is 1.62. The summed E-state index contributed by atoms with van der Waals surface area (Å²) in [5.74, 6) is -0.130. The molecule has 94 valence electrons. The maximum Gasteiger partial charge on any atom is 0.323 e. The van der Waals surface area contributed by atoms with Crippen LogP contribution in [-0.2, 0) is 16.0 Å². The van der Waals surface area contributed by atoms with Gasteiger partial charge in [0.15, 0.2) is 0 Å². The summed E-state index contributed by atoms with van der Waals surface area (Å²) < 4.78 is 5.17. The Kier molecular flexibility index (Phi) is 5.70. The predicted octanol–water partition coefficient (Wildman–Crippen LogP) is 2.15. The van der Waals surface area contributed by atoms with Crippen molar-refractivity contribution in [2.24, 2.45) is 11.7 Å². The van der Waals surface area contributed by atoms with Crippen LogP contribution in [-0.4, -0.2) is 18.6 Å². The fourth-order valence-corrected chi connectivity index (χ4v) is 1.50. The van der Waals surface area contributed by atoms with Gasteiger partial charge in [-0.1, -0.05) is 50.6 Å². The van der Waals surface area contributed by atoms with E-state index in [2.05, 4.69) is 0 Å². The number of hydrogen-bond donors (Lipinski definition) is 1. The van der Waals surface area contributed by atoms with Crippen molar-refractivity contribution in [2.45, 2.75) is 32.7 Å². The van der Waals surface area contributed by atoms with Crippen molar-refractivity contribution >= 4 is 5.97 Å². The van der Waals surface area contributed by atoms with E-state index in [1.807, 2.05) is 44.2 Å². The number of carbonyl (C=O) groups excluding carboxylic acids is 1. The van der Waals surface area contributed by atoms with Crippen LogP contribution in [0.2, 0.25) is 0 Å². The maximum absolute atomic E-state index is 11.6. The first-order valence-electron chi connectivity index (χ1n) is 6.11. The third-order valence-electron chi connectivity index (χ3n) is 3.01. The number of carbonyl (C=O) groups is 1. The summed E-state index contributed by atoms with van der Waals surface area (Å²) >= 11 is 0. The van der Waals surface area contributed by atoms with E-state index in [1.54, 1.807) is 0 Å². The van der Waals surface area contributed by atoms with Crippen LogP contribution in [0, 0.1) is 5.92 Å². The second-order valence-electron chi connectivity index (χ2n) is 4.31. The van der Waals surface area contributed by atoms with Crippen molar-refractivity contribution in [1.29, 1.82) is 0 Å². The van der Waals surface area contributed by atoms with Gasteiger partial charge < -0.3 is 10.5 Å². The monoisotopic (exact) mass is 235 g/mol. The highest BCUT2D eigenvalue weighted by Crippen LogP contribution is 2.07. The molecule has 0 aromatic heterocycles. The van der Waals surface area contributed by atoms with E-state index in [-0.39, 0.29) is 11.9 Å². The molecule has 0 bridgehead atoms. The van der Waals surface area contributed by atoms with Crippen LogP contribution in [0.5, 0.6) is 0 Å². The molecule has 1 aromatic carbocycles. The van der Waals surface area contributed by atoms with E-state index in [1.165, 1.54) is 0 Å². The van der Waals surface area contributed by atoms with Gasteiger partial charge in [-0.05, 0) is 11.5 Å². The Labute approximate surface area is 103 Å². The summed E-state index contributed by atoms with van der Waals surface area (Å²) in [7, 11) is 0. The molecule has 1 aromatic rings. The first kappa shape index (κ1) is 13.7. The standard InChI is InChI=1S/C14H21NO2/c1-3-11(2)13(15)14(16)17-10-9-12-7-5-4-6-8-12/h4-8,11,13H,3,9-10,15H2,1-2H3/t11-,13-/m0/s1. The van der Waals surface area contributed by atoms with Gasteiger partial charge in [-0.3, -0.25) is 4.79 Å². The maximum atomic E-state index is 11.6. The molecule has 0 saturated heterocycles. The Bertz CT molecular complexity index is 337. The Morgan fingerprint density at radius 1 is 1.35 bits per heavy atom. The zero-order chi connectivity index (χ0) is 12.7. The second-order valence-corrected chi connectivity index (χ2v) is 4.31. The summed E-state index contributed by atoms with van der Waals surface area (Å²) in [4.78, 5) is 11.6. The molecule has 0 spiro atoms. The van der Waals surface area contributed by atoms with Crippen LogP contribution in [0.15, 0.2) is 30.3 Å². The fraction of sp³-hybridized carbons (Fsp3) is 0.500. The minimum absolute atomic E-state index is 0.166. The molecule has 0 amide bonds. The van der Waals surface area contributed by atoms with Crippen molar-refractivity contribution in [1.82, 2.24) is 0 Å². The second kappa shape index (κ2) is 7.07. The lowest BCUT2D eigenvalue weighted by Gasteiger charge is -2.16. The quantitative estimate of drug-likeness (QED) is 0.769. The molecule has 0 heterocycles. The summed E-state index contributed by atoms with van der Waals surface area (Å²) in [5.41, 5.74) is 6.94. The molecule has 3 nitrogen and oxygen atoms in total. The third-order valence-corrected chi connectivity index (χ3v) is 3.01. The van der Waals surface area contributed by atoms with Gasteiger partial charge in [0.25, 0.3) is 0 Å². The molecular weight excluding hydrogens is 214 g/mol. The van der Waals surface area contributed by atoms with Crippen molar-refractivity contribution < 1.29 is 9.53 Å². The molecule has 2 atom stereocenters. The van der Waals surface area contributed by atoms with E-state index >= 15 is 0 Å². The van der Waals surface area contributed by atoms with Crippen molar-refractivity contribution in [3.8, 4) is 0 Å². The van der Waals surface area contributed by atoms with Gasteiger partial charge in [0.2, 0.25) is 0 Å².